The van der Waals surface area contributed by atoms with Crippen LogP contribution in [0.15, 0.2) is 24.8 Å². The van der Waals surface area contributed by atoms with Crippen LogP contribution in [-0.2, 0) is 6.54 Å². The molecule has 1 rings (SSSR count). The molecule has 0 fully saturated rings. The topological polar surface area (TPSA) is 26.0 Å². The lowest BCUT2D eigenvalue weighted by atomic mass is 10.0. The van der Waals surface area contributed by atoms with Crippen molar-refractivity contribution in [1.82, 2.24) is 0 Å². The van der Waals surface area contributed by atoms with Crippen molar-refractivity contribution in [1.29, 1.82) is 0 Å². The van der Waals surface area contributed by atoms with Crippen LogP contribution in [0.1, 0.15) is 18.1 Å². The summed E-state index contributed by atoms with van der Waals surface area (Å²) in [6.45, 7) is 13.8. The van der Waals surface area contributed by atoms with Crippen molar-refractivity contribution in [2.24, 2.45) is 5.73 Å². The van der Waals surface area contributed by atoms with Crippen LogP contribution in [0.25, 0.3) is 5.57 Å². The van der Waals surface area contributed by atoms with E-state index in [9.17, 15) is 0 Å². The van der Waals surface area contributed by atoms with Crippen LogP contribution < -0.4 is 10.9 Å². The summed E-state index contributed by atoms with van der Waals surface area (Å²) in [4.78, 5) is 0. The highest BCUT2D eigenvalue weighted by atomic mass is 28.3. The van der Waals surface area contributed by atoms with E-state index in [1.54, 1.807) is 0 Å². The zero-order valence-corrected chi connectivity index (χ0v) is 11.2. The van der Waals surface area contributed by atoms with E-state index in [1.165, 1.54) is 16.3 Å². The number of allylic oxidation sites excluding steroid dienone is 1. The second-order valence-corrected chi connectivity index (χ2v) is 10.1. The molecule has 0 atom stereocenters. The molecule has 1 aromatic rings. The van der Waals surface area contributed by atoms with E-state index in [0.29, 0.717) is 6.54 Å². The van der Waals surface area contributed by atoms with Gasteiger partial charge in [0, 0.05) is 6.54 Å². The summed E-state index contributed by atoms with van der Waals surface area (Å²) < 4.78 is 0. The molecular formula is C13H21NSi. The molecule has 0 radical (unpaired) electrons. The maximum atomic E-state index is 5.77. The van der Waals surface area contributed by atoms with Crippen molar-refractivity contribution >= 4 is 18.8 Å². The first kappa shape index (κ1) is 12.2. The van der Waals surface area contributed by atoms with Gasteiger partial charge in [-0.1, -0.05) is 55.2 Å². The van der Waals surface area contributed by atoms with E-state index in [4.69, 9.17) is 5.73 Å². The van der Waals surface area contributed by atoms with Crippen molar-refractivity contribution in [2.45, 2.75) is 33.1 Å². The van der Waals surface area contributed by atoms with Crippen LogP contribution in [0.4, 0.5) is 0 Å². The molecule has 0 aromatic heterocycles. The molecule has 0 amide bonds. The van der Waals surface area contributed by atoms with Gasteiger partial charge in [-0.05, 0) is 18.1 Å². The fraction of sp³-hybridized carbons (Fsp3) is 0.385. The van der Waals surface area contributed by atoms with E-state index in [-0.39, 0.29) is 0 Å². The molecule has 0 unspecified atom stereocenters. The summed E-state index contributed by atoms with van der Waals surface area (Å²) in [5.74, 6) is 0. The molecule has 0 saturated carbocycles. The number of nitrogens with two attached hydrogens (primary N) is 1. The van der Waals surface area contributed by atoms with Gasteiger partial charge in [-0.15, -0.1) is 0 Å². The highest BCUT2D eigenvalue weighted by molar-refractivity contribution is 6.89. The predicted octanol–water partition coefficient (Wildman–Crippen LogP) is 2.72. The van der Waals surface area contributed by atoms with Gasteiger partial charge < -0.3 is 5.73 Å². The minimum Gasteiger partial charge on any atom is -0.326 e. The molecule has 0 bridgehead atoms. The Morgan fingerprint density at radius 1 is 1.33 bits per heavy atom. The van der Waals surface area contributed by atoms with Gasteiger partial charge in [0.2, 0.25) is 0 Å². The molecule has 2 heteroatoms. The van der Waals surface area contributed by atoms with Gasteiger partial charge in [0.25, 0.3) is 0 Å². The Morgan fingerprint density at radius 2 is 1.93 bits per heavy atom. The van der Waals surface area contributed by atoms with Crippen LogP contribution in [-0.4, -0.2) is 8.07 Å². The van der Waals surface area contributed by atoms with Gasteiger partial charge in [0.15, 0.2) is 0 Å². The third kappa shape index (κ3) is 2.58. The first-order valence-electron chi connectivity index (χ1n) is 5.36. The number of benzene rings is 1. The second kappa shape index (κ2) is 4.33. The third-order valence-electron chi connectivity index (χ3n) is 2.61. The summed E-state index contributed by atoms with van der Waals surface area (Å²) in [5.41, 5.74) is 9.44. The van der Waals surface area contributed by atoms with E-state index in [1.807, 2.05) is 0 Å². The minimum absolute atomic E-state index is 0.598. The molecule has 1 aromatic carbocycles. The van der Waals surface area contributed by atoms with Crippen LogP contribution in [0, 0.1) is 0 Å². The lowest BCUT2D eigenvalue weighted by molar-refractivity contribution is 1.06. The van der Waals surface area contributed by atoms with E-state index in [0.717, 1.165) is 5.57 Å². The lowest BCUT2D eigenvalue weighted by Gasteiger charge is -2.23. The van der Waals surface area contributed by atoms with Gasteiger partial charge >= 0.3 is 0 Å². The highest BCUT2D eigenvalue weighted by Gasteiger charge is 2.21. The fourth-order valence-corrected chi connectivity index (χ4v) is 3.62. The SMILES string of the molecule is C=C(C)c1c(CN)cccc1[Si](C)(C)C. The molecule has 0 spiro atoms. The second-order valence-electron chi connectivity index (χ2n) is 5.07. The monoisotopic (exact) mass is 219 g/mol. The van der Waals surface area contributed by atoms with Crippen molar-refractivity contribution < 1.29 is 0 Å². The van der Waals surface area contributed by atoms with E-state index in [2.05, 4.69) is 51.3 Å². The summed E-state index contributed by atoms with van der Waals surface area (Å²) in [6.07, 6.45) is 0. The summed E-state index contributed by atoms with van der Waals surface area (Å²) in [5, 5.41) is 1.47. The van der Waals surface area contributed by atoms with Crippen molar-refractivity contribution in [3.8, 4) is 0 Å². The highest BCUT2D eigenvalue weighted by Crippen LogP contribution is 2.18. The van der Waals surface area contributed by atoms with Crippen LogP contribution in [0.5, 0.6) is 0 Å². The van der Waals surface area contributed by atoms with Crippen LogP contribution in [0.3, 0.4) is 0 Å². The lowest BCUT2D eigenvalue weighted by Crippen LogP contribution is -2.40. The Labute approximate surface area is 94.0 Å². The maximum absolute atomic E-state index is 5.77. The first-order valence-corrected chi connectivity index (χ1v) is 8.86. The molecule has 0 heterocycles. The molecule has 15 heavy (non-hydrogen) atoms. The molecule has 2 N–H and O–H groups in total. The van der Waals surface area contributed by atoms with Gasteiger partial charge in [-0.3, -0.25) is 0 Å². The average Bonchev–Trinajstić information content (AvgIpc) is 2.15. The van der Waals surface area contributed by atoms with Gasteiger partial charge in [-0.25, -0.2) is 0 Å². The largest absolute Gasteiger partial charge is 0.326 e. The van der Waals surface area contributed by atoms with Crippen molar-refractivity contribution in [2.75, 3.05) is 0 Å². The Bertz CT molecular complexity index is 375. The third-order valence-corrected chi connectivity index (χ3v) is 4.64. The van der Waals surface area contributed by atoms with E-state index < -0.39 is 8.07 Å². The van der Waals surface area contributed by atoms with Crippen LogP contribution in [0.2, 0.25) is 19.6 Å². The van der Waals surface area contributed by atoms with Gasteiger partial charge in [0.1, 0.15) is 0 Å². The zero-order valence-electron chi connectivity index (χ0n) is 10.2. The number of hydrogen-bond acceptors (Lipinski definition) is 1. The molecule has 0 aliphatic carbocycles. The molecule has 0 saturated heterocycles. The van der Waals surface area contributed by atoms with Crippen molar-refractivity contribution in [3.05, 3.63) is 35.9 Å². The molecule has 82 valence electrons. The Balaban J connectivity index is 3.46. The molecule has 0 aliphatic heterocycles. The number of rotatable bonds is 3. The smallest absolute Gasteiger partial charge is 0.0784 e. The Morgan fingerprint density at radius 3 is 2.33 bits per heavy atom. The van der Waals surface area contributed by atoms with Crippen LogP contribution >= 0.6 is 0 Å². The Hall–Kier alpha value is -0.863. The van der Waals surface area contributed by atoms with E-state index >= 15 is 0 Å². The quantitative estimate of drug-likeness (QED) is 0.777. The maximum Gasteiger partial charge on any atom is 0.0784 e. The molecular weight excluding hydrogens is 198 g/mol. The normalized spacial score (nSPS) is 11.5. The Kier molecular flexibility index (Phi) is 3.53. The molecule has 1 nitrogen and oxygen atoms in total. The predicted molar refractivity (Wildman–Crippen MR) is 72.0 cm³/mol. The first-order chi connectivity index (χ1) is 6.88. The van der Waals surface area contributed by atoms with Gasteiger partial charge in [0.05, 0.1) is 8.07 Å². The van der Waals surface area contributed by atoms with Gasteiger partial charge in [-0.2, -0.15) is 0 Å². The molecule has 0 aliphatic rings. The summed E-state index contributed by atoms with van der Waals surface area (Å²) in [7, 11) is -1.30. The average molecular weight is 219 g/mol. The summed E-state index contributed by atoms with van der Waals surface area (Å²) >= 11 is 0. The minimum atomic E-state index is -1.30. The standard InChI is InChI=1S/C13H21NSi/c1-10(2)13-11(9-14)7-6-8-12(13)15(3,4)5/h6-8H,1,9,14H2,2-5H3. The fourth-order valence-electron chi connectivity index (χ4n) is 1.90. The number of hydrogen-bond donors (Lipinski definition) is 1. The summed E-state index contributed by atoms with van der Waals surface area (Å²) in [6, 6.07) is 6.45. The zero-order chi connectivity index (χ0) is 11.6. The van der Waals surface area contributed by atoms with Crippen molar-refractivity contribution in [3.63, 3.8) is 0 Å².